The minimum Gasteiger partial charge on any atom is -0.386 e. The number of carbonyl (C=O) groups is 2. The number of hydrogen-bond acceptors (Lipinski definition) is 5. The van der Waals surface area contributed by atoms with Crippen LogP contribution in [0.3, 0.4) is 0 Å². The number of carbonyl (C=O) groups excluding carboxylic acids is 2. The Morgan fingerprint density at radius 1 is 1.07 bits per heavy atom. The zero-order valence-electron chi connectivity index (χ0n) is 23.1. The molecule has 0 aliphatic carbocycles. The average Bonchev–Trinajstić information content (AvgIpc) is 3.54. The molecule has 5 heterocycles. The van der Waals surface area contributed by atoms with Gasteiger partial charge in [0.2, 0.25) is 5.91 Å². The van der Waals surface area contributed by atoms with Gasteiger partial charge in [-0.25, -0.2) is 0 Å². The molecule has 3 N–H and O–H groups in total. The molecule has 2 amide bonds. The number of allylic oxidation sites excluding steroid dienone is 1. The fraction of sp³-hybridized carbons (Fsp3) is 0.375. The second kappa shape index (κ2) is 7.86. The van der Waals surface area contributed by atoms with Gasteiger partial charge in [0.1, 0.15) is 30.0 Å². The van der Waals surface area contributed by atoms with Gasteiger partial charge in [-0.2, -0.15) is 0 Å². The molecule has 7 rings (SSSR count). The summed E-state index contributed by atoms with van der Waals surface area (Å²) in [5.41, 5.74) is 1.12. The number of rotatable bonds is 2. The predicted octanol–water partition coefficient (Wildman–Crippen LogP) is 3.82. The number of nitrogens with one attached hydrogen (secondary N) is 1. The van der Waals surface area contributed by atoms with Crippen LogP contribution in [0.25, 0.3) is 10.9 Å². The van der Waals surface area contributed by atoms with Gasteiger partial charge in [-0.1, -0.05) is 62.4 Å². The second-order valence-electron chi connectivity index (χ2n) is 12.6. The fourth-order valence-corrected chi connectivity index (χ4v) is 7.39. The summed E-state index contributed by atoms with van der Waals surface area (Å²) in [6, 6.07) is 13.2. The van der Waals surface area contributed by atoms with E-state index < -0.39 is 46.8 Å². The van der Waals surface area contributed by atoms with Crippen molar-refractivity contribution in [3.63, 3.8) is 0 Å². The van der Waals surface area contributed by atoms with E-state index in [1.807, 2.05) is 87.2 Å². The van der Waals surface area contributed by atoms with Gasteiger partial charge in [0.25, 0.3) is 5.91 Å². The summed E-state index contributed by atoms with van der Waals surface area (Å²) in [5.74, 6) is -0.702. The summed E-state index contributed by atoms with van der Waals surface area (Å²) in [6.07, 6.45) is 3.30. The highest BCUT2D eigenvalue weighted by Crippen LogP contribution is 2.57. The first-order valence-electron chi connectivity index (χ1n) is 13.8. The summed E-state index contributed by atoms with van der Waals surface area (Å²) >= 11 is 0. The van der Waals surface area contributed by atoms with Crippen LogP contribution in [0, 0.1) is 0 Å². The Labute approximate surface area is 233 Å². The van der Waals surface area contributed by atoms with Crippen LogP contribution in [0.1, 0.15) is 57.0 Å². The van der Waals surface area contributed by atoms with E-state index in [-0.39, 0.29) is 12.3 Å². The summed E-state index contributed by atoms with van der Waals surface area (Å²) in [6.45, 7) is 12.0. The Morgan fingerprint density at radius 3 is 2.52 bits per heavy atom. The lowest BCUT2D eigenvalue weighted by molar-refractivity contribution is -0.164. The van der Waals surface area contributed by atoms with Crippen LogP contribution in [0.5, 0.6) is 0 Å². The van der Waals surface area contributed by atoms with E-state index in [0.29, 0.717) is 11.1 Å². The lowest BCUT2D eigenvalue weighted by Gasteiger charge is -2.49. The monoisotopic (exact) mass is 538 g/mol. The lowest BCUT2D eigenvalue weighted by atomic mass is 9.81. The molecule has 5 unspecified atom stereocenters. The molecule has 0 saturated carbocycles. The van der Waals surface area contributed by atoms with Crippen molar-refractivity contribution in [2.24, 2.45) is 0 Å². The maximum absolute atomic E-state index is 14.7. The molecule has 2 aromatic carbocycles. The van der Waals surface area contributed by atoms with Crippen molar-refractivity contribution in [1.29, 1.82) is 0 Å². The Bertz CT molecular complexity index is 1640. The number of hydrogen-bond donors (Lipinski definition) is 3. The number of aromatic amines is 1. The third-order valence-electron chi connectivity index (χ3n) is 9.51. The zero-order chi connectivity index (χ0) is 28.4. The van der Waals surface area contributed by atoms with Gasteiger partial charge in [-0.3, -0.25) is 9.59 Å². The van der Waals surface area contributed by atoms with Crippen LogP contribution in [-0.2, 0) is 20.6 Å². The van der Waals surface area contributed by atoms with E-state index in [9.17, 15) is 19.8 Å². The second-order valence-corrected chi connectivity index (χ2v) is 12.6. The average molecular weight is 539 g/mol. The first kappa shape index (κ1) is 25.1. The largest absolute Gasteiger partial charge is 0.386 e. The quantitative estimate of drug-likeness (QED) is 0.431. The van der Waals surface area contributed by atoms with E-state index in [2.05, 4.69) is 11.6 Å². The number of benzene rings is 2. The zero-order valence-corrected chi connectivity index (χ0v) is 23.1. The summed E-state index contributed by atoms with van der Waals surface area (Å²) in [5, 5.41) is 25.2. The van der Waals surface area contributed by atoms with E-state index in [0.717, 1.165) is 22.3 Å². The number of aromatic nitrogens is 1. The number of para-hydroxylation sites is 2. The van der Waals surface area contributed by atoms with Crippen molar-refractivity contribution in [3.05, 3.63) is 90.3 Å². The number of nitrogens with zero attached hydrogens (tertiary/aromatic N) is 3. The lowest BCUT2D eigenvalue weighted by Crippen LogP contribution is -2.68. The van der Waals surface area contributed by atoms with Gasteiger partial charge in [0, 0.05) is 51.4 Å². The third kappa shape index (κ3) is 2.98. The van der Waals surface area contributed by atoms with Gasteiger partial charge in [-0.15, -0.1) is 6.58 Å². The van der Waals surface area contributed by atoms with Crippen LogP contribution in [0.2, 0.25) is 0 Å². The van der Waals surface area contributed by atoms with Crippen molar-refractivity contribution in [2.75, 3.05) is 4.90 Å². The standard InChI is InChI=1S/C32H34N4O4/c1-6-31(4,5)36-21-14-10-8-12-19(21)32(40)17-22-27(38)34-16-15-30(2,3)26-23(18-11-7-9-13-20(18)33-26)25(37)24(34)28(39)35(22)29(32)36/h6-16,22,24-25,29,33,37,40H,1,17H2,2-5H3. The number of fused-ring (bicyclic) bond motifs is 9. The minimum atomic E-state index is -1.46. The molecule has 0 radical (unpaired) electrons. The molecule has 3 aromatic rings. The van der Waals surface area contributed by atoms with Crippen LogP contribution < -0.4 is 4.90 Å². The predicted molar refractivity (Wildman–Crippen MR) is 152 cm³/mol. The van der Waals surface area contributed by atoms with E-state index >= 15 is 0 Å². The highest BCUT2D eigenvalue weighted by Gasteiger charge is 2.68. The molecular weight excluding hydrogens is 504 g/mol. The molecule has 2 saturated heterocycles. The van der Waals surface area contributed by atoms with Crippen molar-refractivity contribution in [1.82, 2.24) is 14.8 Å². The Hall–Kier alpha value is -3.88. The van der Waals surface area contributed by atoms with Crippen molar-refractivity contribution in [2.45, 2.75) is 75.0 Å². The number of anilines is 1. The van der Waals surface area contributed by atoms with Gasteiger partial charge < -0.3 is 29.9 Å². The Balaban J connectivity index is 1.42. The van der Waals surface area contributed by atoms with Crippen molar-refractivity contribution in [3.8, 4) is 0 Å². The Morgan fingerprint density at radius 2 is 1.77 bits per heavy atom. The van der Waals surface area contributed by atoms with Gasteiger partial charge in [0.05, 0.1) is 5.54 Å². The molecule has 8 heteroatoms. The maximum atomic E-state index is 14.7. The van der Waals surface area contributed by atoms with Crippen LogP contribution >= 0.6 is 0 Å². The number of piperazine rings is 1. The van der Waals surface area contributed by atoms with Gasteiger partial charge in [-0.05, 0) is 26.0 Å². The number of H-pyrrole nitrogens is 1. The topological polar surface area (TPSA) is 100 Å². The van der Waals surface area contributed by atoms with Crippen molar-refractivity contribution >= 4 is 28.4 Å². The highest BCUT2D eigenvalue weighted by atomic mass is 16.3. The molecule has 2 fully saturated rings. The first-order valence-corrected chi connectivity index (χ1v) is 13.8. The molecule has 40 heavy (non-hydrogen) atoms. The molecule has 0 bridgehead atoms. The number of aliphatic hydroxyl groups is 2. The van der Waals surface area contributed by atoms with Gasteiger partial charge >= 0.3 is 0 Å². The molecule has 0 spiro atoms. The smallest absolute Gasteiger partial charge is 0.251 e. The molecule has 8 nitrogen and oxygen atoms in total. The number of amides is 2. The SMILES string of the molecule is C=CC(C)(C)N1c2ccccc2C2(O)CC3C(=O)N4C=CC(C)(C)c5[nH]c6ccccc6c5C(O)C4C(=O)N3C12. The van der Waals surface area contributed by atoms with E-state index in [4.69, 9.17) is 0 Å². The summed E-state index contributed by atoms with van der Waals surface area (Å²) in [4.78, 5) is 37.3. The number of aliphatic hydroxyl groups excluding tert-OH is 1. The van der Waals surface area contributed by atoms with E-state index in [1.54, 1.807) is 12.3 Å². The Kier molecular flexibility index (Phi) is 4.93. The molecule has 206 valence electrons. The fourth-order valence-electron chi connectivity index (χ4n) is 7.39. The van der Waals surface area contributed by atoms with Crippen LogP contribution in [0.15, 0.2) is 73.5 Å². The molecule has 4 aliphatic heterocycles. The summed E-state index contributed by atoms with van der Waals surface area (Å²) in [7, 11) is 0. The van der Waals surface area contributed by atoms with Crippen molar-refractivity contribution < 1.29 is 19.8 Å². The first-order chi connectivity index (χ1) is 18.9. The summed E-state index contributed by atoms with van der Waals surface area (Å²) < 4.78 is 0. The third-order valence-corrected chi connectivity index (χ3v) is 9.51. The molecule has 1 aromatic heterocycles. The molecule has 4 aliphatic rings. The minimum absolute atomic E-state index is 0.0673. The molecule has 5 atom stereocenters. The molecular formula is C32H34N4O4. The maximum Gasteiger partial charge on any atom is 0.251 e. The normalized spacial score (nSPS) is 30.4. The highest BCUT2D eigenvalue weighted by molar-refractivity contribution is 6.01. The van der Waals surface area contributed by atoms with Crippen LogP contribution in [0.4, 0.5) is 5.69 Å². The van der Waals surface area contributed by atoms with Crippen LogP contribution in [-0.4, -0.2) is 60.6 Å². The van der Waals surface area contributed by atoms with Gasteiger partial charge in [0.15, 0.2) is 0 Å². The van der Waals surface area contributed by atoms with E-state index in [1.165, 1.54) is 9.80 Å².